The minimum Gasteiger partial charge on any atom is -0.457 e. The summed E-state index contributed by atoms with van der Waals surface area (Å²) in [6.45, 7) is 7.93. The molecule has 0 fully saturated rings. The molecule has 0 aliphatic heterocycles. The van der Waals surface area contributed by atoms with Crippen LogP contribution in [0.25, 0.3) is 0 Å². The Labute approximate surface area is 174 Å². The summed E-state index contributed by atoms with van der Waals surface area (Å²) < 4.78 is 5.23. The second-order valence-electron chi connectivity index (χ2n) is 8.30. The number of carbonyl (C=O) groups excluding carboxylic acids is 1. The van der Waals surface area contributed by atoms with Crippen LogP contribution in [-0.4, -0.2) is 34.2 Å². The number of aliphatic hydroxyl groups is 1. The maximum atomic E-state index is 11.7. The quantitative estimate of drug-likeness (QED) is 0.467. The second kappa shape index (κ2) is 11.5. The highest BCUT2D eigenvalue weighted by atomic mass is 16.6. The smallest absolute Gasteiger partial charge is 0.330 e. The molecule has 0 radical (unpaired) electrons. The van der Waals surface area contributed by atoms with Crippen LogP contribution in [0.15, 0.2) is 72.8 Å². The van der Waals surface area contributed by atoms with E-state index in [2.05, 4.69) is 29.2 Å². The number of nitrogens with zero attached hydrogens (tertiary/aromatic N) is 1. The number of ether oxygens (including phenoxy) is 1. The molecule has 0 unspecified atom stereocenters. The molecule has 0 bridgehead atoms. The normalized spacial score (nSPS) is 13.0. The molecule has 1 atom stereocenters. The van der Waals surface area contributed by atoms with Crippen LogP contribution in [0, 0.1) is 0 Å². The van der Waals surface area contributed by atoms with Gasteiger partial charge in [-0.3, -0.25) is 4.90 Å². The molecule has 29 heavy (non-hydrogen) atoms. The van der Waals surface area contributed by atoms with Crippen LogP contribution in [0.1, 0.15) is 44.7 Å². The zero-order chi connectivity index (χ0) is 21.1. The molecule has 156 valence electrons. The van der Waals surface area contributed by atoms with E-state index in [4.69, 9.17) is 4.74 Å². The van der Waals surface area contributed by atoms with Gasteiger partial charge in [0, 0.05) is 25.7 Å². The van der Waals surface area contributed by atoms with Gasteiger partial charge in [0.15, 0.2) is 0 Å². The molecule has 0 aliphatic carbocycles. The molecule has 0 spiro atoms. The van der Waals surface area contributed by atoms with E-state index in [0.717, 1.165) is 19.6 Å². The van der Waals surface area contributed by atoms with E-state index >= 15 is 0 Å². The van der Waals surface area contributed by atoms with Gasteiger partial charge in [0.25, 0.3) is 0 Å². The molecule has 2 aromatic carbocycles. The van der Waals surface area contributed by atoms with E-state index in [1.54, 1.807) is 6.08 Å². The van der Waals surface area contributed by atoms with Crippen molar-refractivity contribution < 1.29 is 14.6 Å². The number of esters is 1. The van der Waals surface area contributed by atoms with Gasteiger partial charge in [0.05, 0.1) is 6.10 Å². The second-order valence-corrected chi connectivity index (χ2v) is 8.30. The van der Waals surface area contributed by atoms with Crippen LogP contribution < -0.4 is 0 Å². The number of rotatable bonds is 10. The molecule has 0 aliphatic rings. The SMILES string of the molecule is CC(C)(C)OC(=O)/C=C/C[C@H](O)CCN(Cc1ccccc1)Cc1ccccc1. The fraction of sp³-hybridized carbons (Fsp3) is 0.400. The van der Waals surface area contributed by atoms with Crippen LogP contribution >= 0.6 is 0 Å². The van der Waals surface area contributed by atoms with E-state index < -0.39 is 11.7 Å². The van der Waals surface area contributed by atoms with E-state index in [1.165, 1.54) is 17.2 Å². The van der Waals surface area contributed by atoms with Gasteiger partial charge in [-0.25, -0.2) is 4.79 Å². The van der Waals surface area contributed by atoms with Crippen molar-refractivity contribution in [3.8, 4) is 0 Å². The van der Waals surface area contributed by atoms with Crippen molar-refractivity contribution in [2.75, 3.05) is 6.54 Å². The summed E-state index contributed by atoms with van der Waals surface area (Å²) in [5.41, 5.74) is 2.00. The minimum absolute atomic E-state index is 0.375. The van der Waals surface area contributed by atoms with Crippen molar-refractivity contribution in [2.45, 2.75) is 58.4 Å². The molecule has 0 amide bonds. The standard InChI is InChI=1S/C25H33NO3/c1-25(2,3)29-24(28)16-10-15-23(27)17-18-26(19-21-11-6-4-7-12-21)20-22-13-8-5-9-14-22/h4-14,16,23,27H,15,17-20H2,1-3H3/b16-10+/t23-/m0/s1. The molecular formula is C25H33NO3. The lowest BCUT2D eigenvalue weighted by atomic mass is 10.1. The van der Waals surface area contributed by atoms with Gasteiger partial charge in [-0.15, -0.1) is 0 Å². The Morgan fingerprint density at radius 2 is 1.52 bits per heavy atom. The fourth-order valence-electron chi connectivity index (χ4n) is 3.00. The molecular weight excluding hydrogens is 362 g/mol. The lowest BCUT2D eigenvalue weighted by molar-refractivity contribution is -0.148. The van der Waals surface area contributed by atoms with Crippen LogP contribution in [0.5, 0.6) is 0 Å². The Morgan fingerprint density at radius 3 is 2.00 bits per heavy atom. The van der Waals surface area contributed by atoms with Crippen molar-refractivity contribution in [1.82, 2.24) is 4.90 Å². The minimum atomic E-state index is -0.505. The molecule has 1 N–H and O–H groups in total. The molecule has 0 saturated carbocycles. The predicted octanol–water partition coefficient (Wildman–Crippen LogP) is 4.73. The molecule has 0 saturated heterocycles. The average Bonchev–Trinajstić information content (AvgIpc) is 2.66. The molecule has 0 aromatic heterocycles. The highest BCUT2D eigenvalue weighted by Crippen LogP contribution is 2.12. The number of benzene rings is 2. The summed E-state index contributed by atoms with van der Waals surface area (Å²) in [7, 11) is 0. The number of hydrogen-bond donors (Lipinski definition) is 1. The zero-order valence-electron chi connectivity index (χ0n) is 17.8. The summed E-state index contributed by atoms with van der Waals surface area (Å²) in [5, 5.41) is 10.3. The van der Waals surface area contributed by atoms with Crippen molar-refractivity contribution in [3.05, 3.63) is 83.9 Å². The van der Waals surface area contributed by atoms with E-state index in [0.29, 0.717) is 12.8 Å². The van der Waals surface area contributed by atoms with Gasteiger partial charge >= 0.3 is 5.97 Å². The highest BCUT2D eigenvalue weighted by Gasteiger charge is 2.14. The molecule has 4 heteroatoms. The lowest BCUT2D eigenvalue weighted by Gasteiger charge is -2.24. The van der Waals surface area contributed by atoms with Crippen LogP contribution in [-0.2, 0) is 22.6 Å². The summed E-state index contributed by atoms with van der Waals surface area (Å²) >= 11 is 0. The van der Waals surface area contributed by atoms with Crippen molar-refractivity contribution in [1.29, 1.82) is 0 Å². The fourth-order valence-corrected chi connectivity index (χ4v) is 3.00. The third kappa shape index (κ3) is 10.1. The van der Waals surface area contributed by atoms with Gasteiger partial charge in [-0.1, -0.05) is 66.7 Å². The first-order chi connectivity index (χ1) is 13.8. The first-order valence-electron chi connectivity index (χ1n) is 10.2. The molecule has 4 nitrogen and oxygen atoms in total. The van der Waals surface area contributed by atoms with Gasteiger partial charge in [-0.2, -0.15) is 0 Å². The predicted molar refractivity (Wildman–Crippen MR) is 117 cm³/mol. The van der Waals surface area contributed by atoms with E-state index in [1.807, 2.05) is 57.2 Å². The van der Waals surface area contributed by atoms with Crippen molar-refractivity contribution in [3.63, 3.8) is 0 Å². The van der Waals surface area contributed by atoms with Gasteiger partial charge in [0.1, 0.15) is 5.60 Å². The number of aliphatic hydroxyl groups excluding tert-OH is 1. The summed E-state index contributed by atoms with van der Waals surface area (Å²) in [5.74, 6) is -0.375. The van der Waals surface area contributed by atoms with Crippen molar-refractivity contribution >= 4 is 5.97 Å². The average molecular weight is 396 g/mol. The van der Waals surface area contributed by atoms with E-state index in [9.17, 15) is 9.90 Å². The Kier molecular flexibility index (Phi) is 9.10. The largest absolute Gasteiger partial charge is 0.457 e. The molecule has 2 rings (SSSR count). The maximum absolute atomic E-state index is 11.7. The summed E-state index contributed by atoms with van der Waals surface area (Å²) in [4.78, 5) is 14.1. The van der Waals surface area contributed by atoms with Crippen LogP contribution in [0.2, 0.25) is 0 Å². The Hall–Kier alpha value is -2.43. The Balaban J connectivity index is 1.86. The van der Waals surface area contributed by atoms with E-state index in [-0.39, 0.29) is 5.97 Å². The molecule has 2 aromatic rings. The Bertz CT molecular complexity index is 709. The molecule has 0 heterocycles. The number of hydrogen-bond acceptors (Lipinski definition) is 4. The van der Waals surface area contributed by atoms with Gasteiger partial charge in [-0.05, 0) is 44.7 Å². The monoisotopic (exact) mass is 395 g/mol. The Morgan fingerprint density at radius 1 is 1.00 bits per heavy atom. The first kappa shape index (κ1) is 22.9. The first-order valence-corrected chi connectivity index (χ1v) is 10.2. The summed E-state index contributed by atoms with van der Waals surface area (Å²) in [6.07, 6.45) is 3.67. The topological polar surface area (TPSA) is 49.8 Å². The third-order valence-corrected chi connectivity index (χ3v) is 4.35. The van der Waals surface area contributed by atoms with Crippen LogP contribution in [0.4, 0.5) is 0 Å². The summed E-state index contributed by atoms with van der Waals surface area (Å²) in [6, 6.07) is 20.7. The van der Waals surface area contributed by atoms with Gasteiger partial charge in [0.2, 0.25) is 0 Å². The van der Waals surface area contributed by atoms with Crippen molar-refractivity contribution in [2.24, 2.45) is 0 Å². The third-order valence-electron chi connectivity index (χ3n) is 4.35. The maximum Gasteiger partial charge on any atom is 0.330 e. The highest BCUT2D eigenvalue weighted by molar-refractivity contribution is 5.82. The lowest BCUT2D eigenvalue weighted by Crippen LogP contribution is -2.26. The zero-order valence-corrected chi connectivity index (χ0v) is 17.8. The van der Waals surface area contributed by atoms with Gasteiger partial charge < -0.3 is 9.84 Å². The number of carbonyl (C=O) groups is 1. The van der Waals surface area contributed by atoms with Crippen LogP contribution in [0.3, 0.4) is 0 Å².